The first kappa shape index (κ1) is 16.6. The third-order valence-electron chi connectivity index (χ3n) is 4.80. The average Bonchev–Trinajstić information content (AvgIpc) is 2.52. The van der Waals surface area contributed by atoms with Crippen LogP contribution in [0.15, 0.2) is 36.4 Å². The van der Waals surface area contributed by atoms with E-state index >= 15 is 0 Å². The highest BCUT2D eigenvalue weighted by Crippen LogP contribution is 2.33. The third-order valence-corrected chi connectivity index (χ3v) is 4.80. The summed E-state index contributed by atoms with van der Waals surface area (Å²) in [6, 6.07) is 11.9. The molecule has 24 heavy (non-hydrogen) atoms. The quantitative estimate of drug-likeness (QED) is 0.854. The van der Waals surface area contributed by atoms with E-state index in [1.807, 2.05) is 44.7 Å². The molecule has 1 heterocycles. The molecule has 3 heteroatoms. The molecule has 1 N–H and O–H groups in total. The Balaban J connectivity index is 1.94. The van der Waals surface area contributed by atoms with Crippen LogP contribution in [-0.4, -0.2) is 22.5 Å². The van der Waals surface area contributed by atoms with Crippen LogP contribution in [0.5, 0.6) is 5.75 Å². The highest BCUT2D eigenvalue weighted by molar-refractivity contribution is 5.96. The van der Waals surface area contributed by atoms with Crippen LogP contribution in [0, 0.1) is 6.92 Å². The van der Waals surface area contributed by atoms with Gasteiger partial charge in [-0.2, -0.15) is 0 Å². The summed E-state index contributed by atoms with van der Waals surface area (Å²) in [6.45, 7) is 9.41. The Bertz CT molecular complexity index is 787. The summed E-state index contributed by atoms with van der Waals surface area (Å²) in [5, 5.41) is 10.2. The minimum absolute atomic E-state index is 0.0486. The van der Waals surface area contributed by atoms with Crippen LogP contribution < -0.4 is 0 Å². The summed E-state index contributed by atoms with van der Waals surface area (Å²) >= 11 is 0. The molecule has 3 rings (SSSR count). The molecule has 2 aromatic carbocycles. The number of amides is 1. The number of aryl methyl sites for hydroxylation is 1. The fraction of sp³-hybridized carbons (Fsp3) is 0.381. The number of fused-ring (bicyclic) bond motifs is 1. The zero-order valence-electron chi connectivity index (χ0n) is 14.9. The van der Waals surface area contributed by atoms with Crippen LogP contribution in [0.2, 0.25) is 0 Å². The molecule has 1 amide bonds. The molecule has 1 aliphatic heterocycles. The number of aromatic hydroxyl groups is 1. The number of carbonyl (C=O) groups excluding carboxylic acids is 1. The van der Waals surface area contributed by atoms with Crippen molar-refractivity contribution in [1.82, 2.24) is 4.90 Å². The molecule has 0 aliphatic carbocycles. The molecule has 0 saturated heterocycles. The SMILES string of the molecule is Cc1cc(O)c(C(C)(C)C)cc1C(=O)N1CCc2ccccc2C1. The molecule has 0 spiro atoms. The molecule has 0 radical (unpaired) electrons. The number of hydrogen-bond acceptors (Lipinski definition) is 2. The van der Waals surface area contributed by atoms with Crippen molar-refractivity contribution in [2.75, 3.05) is 6.54 Å². The van der Waals surface area contributed by atoms with Gasteiger partial charge in [-0.3, -0.25) is 4.79 Å². The smallest absolute Gasteiger partial charge is 0.254 e. The zero-order chi connectivity index (χ0) is 17.5. The highest BCUT2D eigenvalue weighted by atomic mass is 16.3. The Morgan fingerprint density at radius 3 is 2.46 bits per heavy atom. The summed E-state index contributed by atoms with van der Waals surface area (Å²) in [6.07, 6.45) is 0.894. The average molecular weight is 323 g/mol. The molecule has 3 nitrogen and oxygen atoms in total. The highest BCUT2D eigenvalue weighted by Gasteiger charge is 2.26. The molecule has 1 aliphatic rings. The van der Waals surface area contributed by atoms with Gasteiger partial charge in [-0.1, -0.05) is 45.0 Å². The summed E-state index contributed by atoms with van der Waals surface area (Å²) in [7, 11) is 0. The first-order chi connectivity index (χ1) is 11.3. The number of nitrogens with zero attached hydrogens (tertiary/aromatic N) is 1. The maximum Gasteiger partial charge on any atom is 0.254 e. The van der Waals surface area contributed by atoms with Gasteiger partial charge in [-0.25, -0.2) is 0 Å². The van der Waals surface area contributed by atoms with Crippen LogP contribution in [0.4, 0.5) is 0 Å². The van der Waals surface area contributed by atoms with Crippen molar-refractivity contribution in [2.45, 2.75) is 46.1 Å². The van der Waals surface area contributed by atoms with E-state index in [-0.39, 0.29) is 17.1 Å². The fourth-order valence-electron chi connectivity index (χ4n) is 3.36. The number of benzene rings is 2. The first-order valence-electron chi connectivity index (χ1n) is 8.47. The van der Waals surface area contributed by atoms with Gasteiger partial charge in [0, 0.05) is 24.2 Å². The molecule has 0 atom stereocenters. The van der Waals surface area contributed by atoms with Gasteiger partial charge in [0.15, 0.2) is 0 Å². The summed E-state index contributed by atoms with van der Waals surface area (Å²) < 4.78 is 0. The molecule has 0 unspecified atom stereocenters. The molecule has 0 aromatic heterocycles. The largest absolute Gasteiger partial charge is 0.508 e. The first-order valence-corrected chi connectivity index (χ1v) is 8.47. The monoisotopic (exact) mass is 323 g/mol. The van der Waals surface area contributed by atoms with E-state index in [9.17, 15) is 9.90 Å². The lowest BCUT2D eigenvalue weighted by Gasteiger charge is -2.30. The molecular weight excluding hydrogens is 298 g/mol. The van der Waals surface area contributed by atoms with Crippen molar-refractivity contribution in [3.8, 4) is 5.75 Å². The second-order valence-corrected chi connectivity index (χ2v) is 7.68. The van der Waals surface area contributed by atoms with Gasteiger partial charge in [0.2, 0.25) is 0 Å². The van der Waals surface area contributed by atoms with Gasteiger partial charge in [0.1, 0.15) is 5.75 Å². The standard InChI is InChI=1S/C21H25NO2/c1-14-11-19(23)18(21(2,3)4)12-17(14)20(24)22-10-9-15-7-5-6-8-16(15)13-22/h5-8,11-12,23H,9-10,13H2,1-4H3. The Kier molecular flexibility index (Phi) is 4.12. The lowest BCUT2D eigenvalue weighted by atomic mass is 9.84. The maximum absolute atomic E-state index is 13.1. The topological polar surface area (TPSA) is 40.5 Å². The second kappa shape index (κ2) is 5.97. The van der Waals surface area contributed by atoms with Crippen LogP contribution in [0.3, 0.4) is 0 Å². The van der Waals surface area contributed by atoms with Crippen molar-refractivity contribution in [3.63, 3.8) is 0 Å². The molecule has 0 bridgehead atoms. The zero-order valence-corrected chi connectivity index (χ0v) is 14.9. The summed E-state index contributed by atoms with van der Waals surface area (Å²) in [5.41, 5.74) is 4.68. The molecular formula is C21H25NO2. The Labute approximate surface area is 143 Å². The maximum atomic E-state index is 13.1. The Morgan fingerprint density at radius 2 is 1.79 bits per heavy atom. The van der Waals surface area contributed by atoms with E-state index in [0.29, 0.717) is 12.1 Å². The molecule has 0 fully saturated rings. The van der Waals surface area contributed by atoms with Gasteiger partial charge in [-0.15, -0.1) is 0 Å². The minimum atomic E-state index is -0.207. The van der Waals surface area contributed by atoms with Crippen LogP contribution in [0.25, 0.3) is 0 Å². The predicted octanol–water partition coefficient (Wildman–Crippen LogP) is 4.20. The van der Waals surface area contributed by atoms with Crippen LogP contribution in [0.1, 0.15) is 53.4 Å². The normalized spacial score (nSPS) is 14.4. The predicted molar refractivity (Wildman–Crippen MR) is 96.4 cm³/mol. The summed E-state index contributed by atoms with van der Waals surface area (Å²) in [5.74, 6) is 0.313. The van der Waals surface area contributed by atoms with Gasteiger partial charge in [-0.05, 0) is 47.6 Å². The van der Waals surface area contributed by atoms with E-state index in [1.165, 1.54) is 11.1 Å². The summed E-state index contributed by atoms with van der Waals surface area (Å²) in [4.78, 5) is 15.0. The number of carbonyl (C=O) groups is 1. The van der Waals surface area contributed by atoms with E-state index in [0.717, 1.165) is 24.1 Å². The molecule has 2 aromatic rings. The van der Waals surface area contributed by atoms with Crippen molar-refractivity contribution >= 4 is 5.91 Å². The minimum Gasteiger partial charge on any atom is -0.508 e. The molecule has 0 saturated carbocycles. The van der Waals surface area contributed by atoms with E-state index in [1.54, 1.807) is 6.07 Å². The van der Waals surface area contributed by atoms with Crippen molar-refractivity contribution in [2.24, 2.45) is 0 Å². The lowest BCUT2D eigenvalue weighted by molar-refractivity contribution is 0.0734. The van der Waals surface area contributed by atoms with E-state index < -0.39 is 0 Å². The van der Waals surface area contributed by atoms with Crippen molar-refractivity contribution in [3.05, 3.63) is 64.2 Å². The lowest BCUT2D eigenvalue weighted by Crippen LogP contribution is -2.36. The molecule has 126 valence electrons. The van der Waals surface area contributed by atoms with Gasteiger partial charge in [0.25, 0.3) is 5.91 Å². The van der Waals surface area contributed by atoms with Gasteiger partial charge >= 0.3 is 0 Å². The van der Waals surface area contributed by atoms with Crippen LogP contribution >= 0.6 is 0 Å². The van der Waals surface area contributed by atoms with Gasteiger partial charge in [0.05, 0.1) is 0 Å². The number of hydrogen-bond donors (Lipinski definition) is 1. The fourth-order valence-corrected chi connectivity index (χ4v) is 3.36. The van der Waals surface area contributed by atoms with Crippen LogP contribution in [-0.2, 0) is 18.4 Å². The van der Waals surface area contributed by atoms with E-state index in [2.05, 4.69) is 18.2 Å². The van der Waals surface area contributed by atoms with E-state index in [4.69, 9.17) is 0 Å². The van der Waals surface area contributed by atoms with Crippen molar-refractivity contribution in [1.29, 1.82) is 0 Å². The Morgan fingerprint density at radius 1 is 1.12 bits per heavy atom. The third kappa shape index (κ3) is 3.03. The number of rotatable bonds is 1. The van der Waals surface area contributed by atoms with Gasteiger partial charge < -0.3 is 10.0 Å². The number of phenolic OH excluding ortho intramolecular Hbond substituents is 1. The number of phenols is 1. The second-order valence-electron chi connectivity index (χ2n) is 7.68. The Hall–Kier alpha value is -2.29. The van der Waals surface area contributed by atoms with Crippen molar-refractivity contribution < 1.29 is 9.90 Å².